The first-order valence-corrected chi connectivity index (χ1v) is 5.53. The monoisotopic (exact) mass is 259 g/mol. The zero-order valence-electron chi connectivity index (χ0n) is 10.1. The van der Waals surface area contributed by atoms with Gasteiger partial charge in [0.05, 0.1) is 10.5 Å². The van der Waals surface area contributed by atoms with Crippen molar-refractivity contribution in [2.75, 3.05) is 0 Å². The average molecular weight is 259 g/mol. The van der Waals surface area contributed by atoms with Gasteiger partial charge in [-0.25, -0.2) is 4.39 Å². The van der Waals surface area contributed by atoms with Gasteiger partial charge in [0.15, 0.2) is 6.29 Å². The van der Waals surface area contributed by atoms with Crippen LogP contribution >= 0.6 is 0 Å². The van der Waals surface area contributed by atoms with E-state index in [-0.39, 0.29) is 16.8 Å². The van der Waals surface area contributed by atoms with E-state index in [1.54, 1.807) is 25.1 Å². The van der Waals surface area contributed by atoms with E-state index in [9.17, 15) is 19.3 Å². The van der Waals surface area contributed by atoms with Crippen LogP contribution in [0.5, 0.6) is 0 Å². The summed E-state index contributed by atoms with van der Waals surface area (Å²) in [6.07, 6.45) is 0.411. The maximum Gasteiger partial charge on any atom is 0.280 e. The number of aldehydes is 1. The van der Waals surface area contributed by atoms with Crippen molar-refractivity contribution in [1.29, 1.82) is 0 Å². The van der Waals surface area contributed by atoms with Crippen LogP contribution in [0.4, 0.5) is 10.1 Å². The number of halogens is 1. The molecule has 0 radical (unpaired) electrons. The molecule has 0 amide bonds. The Hall–Kier alpha value is -2.56. The molecule has 2 aromatic rings. The summed E-state index contributed by atoms with van der Waals surface area (Å²) in [5.41, 5.74) is 0.758. The van der Waals surface area contributed by atoms with Gasteiger partial charge in [0, 0.05) is 11.6 Å². The Balaban J connectivity index is 2.64. The lowest BCUT2D eigenvalue weighted by Gasteiger charge is -2.06. The number of aryl methyl sites for hydroxylation is 1. The van der Waals surface area contributed by atoms with Crippen molar-refractivity contribution in [2.24, 2.45) is 0 Å². The minimum Gasteiger partial charge on any atom is -0.298 e. The molecule has 0 atom stereocenters. The van der Waals surface area contributed by atoms with Crippen LogP contribution < -0.4 is 0 Å². The quantitative estimate of drug-likeness (QED) is 0.481. The van der Waals surface area contributed by atoms with Crippen LogP contribution in [0.1, 0.15) is 15.9 Å². The normalized spacial score (nSPS) is 10.2. The number of hydrogen-bond donors (Lipinski definition) is 0. The molecule has 0 saturated heterocycles. The lowest BCUT2D eigenvalue weighted by atomic mass is 10.0. The van der Waals surface area contributed by atoms with Crippen LogP contribution in [-0.2, 0) is 0 Å². The number of hydrogen-bond acceptors (Lipinski definition) is 3. The maximum atomic E-state index is 14.0. The Morgan fingerprint density at radius 2 is 2.00 bits per heavy atom. The summed E-state index contributed by atoms with van der Waals surface area (Å²) in [4.78, 5) is 20.9. The molecule has 0 aliphatic rings. The summed E-state index contributed by atoms with van der Waals surface area (Å²) in [6.45, 7) is 1.62. The largest absolute Gasteiger partial charge is 0.298 e. The van der Waals surface area contributed by atoms with Gasteiger partial charge in [-0.15, -0.1) is 0 Å². The molecular weight excluding hydrogens is 249 g/mol. The molecule has 19 heavy (non-hydrogen) atoms. The number of nitro groups is 1. The summed E-state index contributed by atoms with van der Waals surface area (Å²) in [5.74, 6) is -0.421. The molecule has 0 spiro atoms. The minimum absolute atomic E-state index is 0.0261. The van der Waals surface area contributed by atoms with Gasteiger partial charge in [-0.2, -0.15) is 0 Å². The van der Waals surface area contributed by atoms with Crippen LogP contribution in [0.15, 0.2) is 36.4 Å². The lowest BCUT2D eigenvalue weighted by molar-refractivity contribution is -0.385. The van der Waals surface area contributed by atoms with Crippen molar-refractivity contribution in [3.63, 3.8) is 0 Å². The van der Waals surface area contributed by atoms with Crippen molar-refractivity contribution >= 4 is 12.0 Å². The van der Waals surface area contributed by atoms with E-state index < -0.39 is 10.7 Å². The lowest BCUT2D eigenvalue weighted by Crippen LogP contribution is -1.96. The van der Waals surface area contributed by atoms with Crippen molar-refractivity contribution in [3.05, 3.63) is 63.5 Å². The molecule has 5 heteroatoms. The molecule has 4 nitrogen and oxygen atoms in total. The van der Waals surface area contributed by atoms with Gasteiger partial charge in [-0.05, 0) is 24.1 Å². The molecule has 0 fully saturated rings. The highest BCUT2D eigenvalue weighted by Gasteiger charge is 2.16. The second-order valence-corrected chi connectivity index (χ2v) is 4.09. The van der Waals surface area contributed by atoms with Crippen molar-refractivity contribution in [1.82, 2.24) is 0 Å². The Labute approximate surface area is 108 Å². The van der Waals surface area contributed by atoms with Gasteiger partial charge in [0.2, 0.25) is 0 Å². The molecule has 2 aromatic carbocycles. The van der Waals surface area contributed by atoms with Crippen LogP contribution in [0, 0.1) is 22.9 Å². The first-order valence-electron chi connectivity index (χ1n) is 5.53. The highest BCUT2D eigenvalue weighted by molar-refractivity contribution is 5.84. The van der Waals surface area contributed by atoms with E-state index in [0.717, 1.165) is 0 Å². The van der Waals surface area contributed by atoms with E-state index in [4.69, 9.17) is 0 Å². The van der Waals surface area contributed by atoms with E-state index >= 15 is 0 Å². The molecule has 96 valence electrons. The van der Waals surface area contributed by atoms with Crippen molar-refractivity contribution < 1.29 is 14.1 Å². The fourth-order valence-electron chi connectivity index (χ4n) is 1.84. The SMILES string of the molecule is Cc1cccc(-c2ccc(C=O)c([N+](=O)[O-])c2)c1F. The summed E-state index contributed by atoms with van der Waals surface area (Å²) < 4.78 is 14.0. The molecule has 0 heterocycles. The standard InChI is InChI=1S/C14H10FNO3/c1-9-3-2-4-12(14(9)15)10-5-6-11(8-17)13(7-10)16(18)19/h2-8H,1H3. The smallest absolute Gasteiger partial charge is 0.280 e. The second-order valence-electron chi connectivity index (χ2n) is 4.09. The Kier molecular flexibility index (Phi) is 3.37. The predicted octanol–water partition coefficient (Wildman–Crippen LogP) is 3.52. The first-order chi connectivity index (χ1) is 9.04. The summed E-state index contributed by atoms with van der Waals surface area (Å²) >= 11 is 0. The van der Waals surface area contributed by atoms with Gasteiger partial charge in [0.25, 0.3) is 5.69 Å². The topological polar surface area (TPSA) is 60.2 Å². The molecule has 0 aromatic heterocycles. The van der Waals surface area contributed by atoms with Gasteiger partial charge >= 0.3 is 0 Å². The van der Waals surface area contributed by atoms with E-state index in [1.165, 1.54) is 18.2 Å². The Morgan fingerprint density at radius 3 is 2.63 bits per heavy atom. The fourth-order valence-corrected chi connectivity index (χ4v) is 1.84. The van der Waals surface area contributed by atoms with Crippen LogP contribution in [0.25, 0.3) is 11.1 Å². The number of nitro benzene ring substituents is 1. The summed E-state index contributed by atoms with van der Waals surface area (Å²) in [6, 6.07) is 8.86. The third kappa shape index (κ3) is 2.35. The Bertz CT molecular complexity index is 668. The molecule has 0 saturated carbocycles. The molecule has 2 rings (SSSR count). The highest BCUT2D eigenvalue weighted by Crippen LogP contribution is 2.29. The number of carbonyl (C=O) groups excluding carboxylic acids is 1. The zero-order chi connectivity index (χ0) is 14.0. The Morgan fingerprint density at radius 1 is 1.26 bits per heavy atom. The van der Waals surface area contributed by atoms with Gasteiger partial charge in [-0.3, -0.25) is 14.9 Å². The second kappa shape index (κ2) is 4.97. The molecule has 0 aliphatic heterocycles. The molecule has 0 N–H and O–H groups in total. The number of nitrogens with zero attached hydrogens (tertiary/aromatic N) is 1. The highest BCUT2D eigenvalue weighted by atomic mass is 19.1. The summed E-state index contributed by atoms with van der Waals surface area (Å²) in [7, 11) is 0. The third-order valence-corrected chi connectivity index (χ3v) is 2.86. The van der Waals surface area contributed by atoms with Crippen LogP contribution in [-0.4, -0.2) is 11.2 Å². The minimum atomic E-state index is -0.652. The van der Waals surface area contributed by atoms with Crippen molar-refractivity contribution in [2.45, 2.75) is 6.92 Å². The zero-order valence-corrected chi connectivity index (χ0v) is 10.1. The number of benzene rings is 2. The molecule has 0 unspecified atom stereocenters. The molecule has 0 aliphatic carbocycles. The third-order valence-electron chi connectivity index (χ3n) is 2.86. The maximum absolute atomic E-state index is 14.0. The van der Waals surface area contributed by atoms with E-state index in [2.05, 4.69) is 0 Å². The average Bonchev–Trinajstić information content (AvgIpc) is 2.41. The van der Waals surface area contributed by atoms with Crippen LogP contribution in [0.2, 0.25) is 0 Å². The van der Waals surface area contributed by atoms with E-state index in [0.29, 0.717) is 17.4 Å². The number of rotatable bonds is 3. The summed E-state index contributed by atoms with van der Waals surface area (Å²) in [5, 5.41) is 10.9. The van der Waals surface area contributed by atoms with Gasteiger partial charge in [-0.1, -0.05) is 24.3 Å². The molecular formula is C14H10FNO3. The van der Waals surface area contributed by atoms with Gasteiger partial charge < -0.3 is 0 Å². The first kappa shape index (κ1) is 12.9. The predicted molar refractivity (Wildman–Crippen MR) is 68.6 cm³/mol. The number of carbonyl (C=O) groups is 1. The van der Waals surface area contributed by atoms with Crippen LogP contribution in [0.3, 0.4) is 0 Å². The molecule has 0 bridgehead atoms. The van der Waals surface area contributed by atoms with Crippen molar-refractivity contribution in [3.8, 4) is 11.1 Å². The van der Waals surface area contributed by atoms with E-state index in [1.807, 2.05) is 0 Å². The fraction of sp³-hybridized carbons (Fsp3) is 0.0714. The van der Waals surface area contributed by atoms with Gasteiger partial charge in [0.1, 0.15) is 5.82 Å².